The lowest BCUT2D eigenvalue weighted by Crippen LogP contribution is -2.23. The lowest BCUT2D eigenvalue weighted by molar-refractivity contribution is 0.303. The molecule has 0 bridgehead atoms. The van der Waals surface area contributed by atoms with Crippen LogP contribution in [0.1, 0.15) is 57.1 Å². The normalized spacial score (nSPS) is 18.6. The number of hydrogen-bond donors (Lipinski definition) is 1. The van der Waals surface area contributed by atoms with E-state index in [1.54, 1.807) is 0 Å². The van der Waals surface area contributed by atoms with Crippen molar-refractivity contribution in [3.05, 3.63) is 29.8 Å². The summed E-state index contributed by atoms with van der Waals surface area (Å²) < 4.78 is 5.68. The Labute approximate surface area is 111 Å². The molecule has 2 rings (SSSR count). The summed E-state index contributed by atoms with van der Waals surface area (Å²) >= 11 is 0. The number of nitrogens with two attached hydrogens (primary N) is 1. The molecule has 0 aromatic heterocycles. The molecule has 0 spiro atoms. The van der Waals surface area contributed by atoms with Crippen molar-refractivity contribution < 1.29 is 4.74 Å². The predicted octanol–water partition coefficient (Wildman–Crippen LogP) is 4.06. The molecule has 2 N–H and O–H groups in total. The third kappa shape index (κ3) is 3.49. The zero-order valence-electron chi connectivity index (χ0n) is 11.4. The molecule has 1 aromatic carbocycles. The van der Waals surface area contributed by atoms with Crippen LogP contribution in [0.4, 0.5) is 0 Å². The van der Waals surface area contributed by atoms with E-state index in [-0.39, 0.29) is 6.04 Å². The van der Waals surface area contributed by atoms with Crippen LogP contribution in [0.25, 0.3) is 0 Å². The van der Waals surface area contributed by atoms with Gasteiger partial charge in [0, 0.05) is 6.04 Å². The maximum Gasteiger partial charge on any atom is 0.119 e. The fraction of sp³-hybridized carbons (Fsp3) is 0.625. The summed E-state index contributed by atoms with van der Waals surface area (Å²) in [6.07, 6.45) is 7.65. The topological polar surface area (TPSA) is 35.2 Å². The maximum absolute atomic E-state index is 6.41. The Balaban J connectivity index is 2.02. The third-order valence-corrected chi connectivity index (χ3v) is 3.87. The molecule has 1 aliphatic rings. The average Bonchev–Trinajstić information content (AvgIpc) is 2.45. The monoisotopic (exact) mass is 247 g/mol. The van der Waals surface area contributed by atoms with Crippen molar-refractivity contribution in [2.24, 2.45) is 11.7 Å². The lowest BCUT2D eigenvalue weighted by atomic mass is 9.81. The van der Waals surface area contributed by atoms with E-state index in [0.717, 1.165) is 18.8 Å². The molecule has 0 heterocycles. The Morgan fingerprint density at radius 1 is 1.28 bits per heavy atom. The summed E-state index contributed by atoms with van der Waals surface area (Å²) in [4.78, 5) is 0. The smallest absolute Gasteiger partial charge is 0.119 e. The quantitative estimate of drug-likeness (QED) is 0.851. The van der Waals surface area contributed by atoms with Gasteiger partial charge in [0.1, 0.15) is 5.75 Å². The summed E-state index contributed by atoms with van der Waals surface area (Å²) in [5.74, 6) is 1.61. The number of rotatable bonds is 5. The molecule has 2 nitrogen and oxygen atoms in total. The van der Waals surface area contributed by atoms with Crippen LogP contribution in [0.2, 0.25) is 0 Å². The van der Waals surface area contributed by atoms with Crippen molar-refractivity contribution in [3.63, 3.8) is 0 Å². The van der Waals surface area contributed by atoms with Gasteiger partial charge in [-0.3, -0.25) is 0 Å². The second kappa shape index (κ2) is 6.79. The molecule has 1 aliphatic carbocycles. The summed E-state index contributed by atoms with van der Waals surface area (Å²) in [6, 6.07) is 8.51. The van der Waals surface area contributed by atoms with Gasteiger partial charge >= 0.3 is 0 Å². The first-order chi connectivity index (χ1) is 8.81. The Hall–Kier alpha value is -1.02. The van der Waals surface area contributed by atoms with E-state index in [0.29, 0.717) is 5.92 Å². The molecular weight excluding hydrogens is 222 g/mol. The van der Waals surface area contributed by atoms with Gasteiger partial charge in [-0.1, -0.05) is 38.3 Å². The number of benzene rings is 1. The fourth-order valence-corrected chi connectivity index (χ4v) is 2.80. The Bertz CT molecular complexity index is 358. The summed E-state index contributed by atoms with van der Waals surface area (Å²) in [5.41, 5.74) is 7.64. The van der Waals surface area contributed by atoms with Gasteiger partial charge in [-0.05, 0) is 42.9 Å². The van der Waals surface area contributed by atoms with Gasteiger partial charge in [0.15, 0.2) is 0 Å². The van der Waals surface area contributed by atoms with Crippen molar-refractivity contribution in [2.45, 2.75) is 51.5 Å². The molecule has 0 saturated heterocycles. The van der Waals surface area contributed by atoms with Crippen LogP contribution >= 0.6 is 0 Å². The molecule has 0 amide bonds. The van der Waals surface area contributed by atoms with Gasteiger partial charge in [0.2, 0.25) is 0 Å². The minimum atomic E-state index is 0.176. The van der Waals surface area contributed by atoms with Crippen LogP contribution in [0.3, 0.4) is 0 Å². The van der Waals surface area contributed by atoms with E-state index in [4.69, 9.17) is 10.5 Å². The molecule has 1 aromatic rings. The molecule has 18 heavy (non-hydrogen) atoms. The highest BCUT2D eigenvalue weighted by molar-refractivity contribution is 5.30. The molecule has 100 valence electrons. The van der Waals surface area contributed by atoms with Crippen LogP contribution in [-0.2, 0) is 0 Å². The lowest BCUT2D eigenvalue weighted by Gasteiger charge is -2.28. The Morgan fingerprint density at radius 3 is 2.78 bits per heavy atom. The van der Waals surface area contributed by atoms with Gasteiger partial charge < -0.3 is 10.5 Å². The Kier molecular flexibility index (Phi) is 5.06. The standard InChI is InChI=1S/C16H25NO/c1-2-11-18-15-10-6-9-14(12-15)16(17)13-7-4-3-5-8-13/h6,9-10,12-13,16H,2-5,7-8,11,17H2,1H3. The van der Waals surface area contributed by atoms with Crippen molar-refractivity contribution in [2.75, 3.05) is 6.61 Å². The highest BCUT2D eigenvalue weighted by Crippen LogP contribution is 2.33. The van der Waals surface area contributed by atoms with Gasteiger partial charge in [0.05, 0.1) is 6.61 Å². The molecule has 1 atom stereocenters. The highest BCUT2D eigenvalue weighted by atomic mass is 16.5. The summed E-state index contributed by atoms with van der Waals surface area (Å²) in [6.45, 7) is 2.90. The van der Waals surface area contributed by atoms with Crippen LogP contribution in [-0.4, -0.2) is 6.61 Å². The SMILES string of the molecule is CCCOc1cccc(C(N)C2CCCCC2)c1. The maximum atomic E-state index is 6.41. The molecular formula is C16H25NO. The largest absolute Gasteiger partial charge is 0.494 e. The van der Waals surface area contributed by atoms with Gasteiger partial charge in [-0.15, -0.1) is 0 Å². The molecule has 1 unspecified atom stereocenters. The minimum Gasteiger partial charge on any atom is -0.494 e. The first-order valence-corrected chi connectivity index (χ1v) is 7.29. The molecule has 2 heteroatoms. The zero-order valence-corrected chi connectivity index (χ0v) is 11.4. The number of ether oxygens (including phenoxy) is 1. The van der Waals surface area contributed by atoms with Crippen LogP contribution in [0.5, 0.6) is 5.75 Å². The first kappa shape index (κ1) is 13.4. The van der Waals surface area contributed by atoms with E-state index in [1.165, 1.54) is 37.7 Å². The second-order valence-corrected chi connectivity index (χ2v) is 5.34. The van der Waals surface area contributed by atoms with Crippen LogP contribution < -0.4 is 10.5 Å². The van der Waals surface area contributed by atoms with E-state index in [9.17, 15) is 0 Å². The predicted molar refractivity (Wildman–Crippen MR) is 75.7 cm³/mol. The molecule has 1 saturated carbocycles. The van der Waals surface area contributed by atoms with Gasteiger partial charge in [-0.2, -0.15) is 0 Å². The third-order valence-electron chi connectivity index (χ3n) is 3.87. The fourth-order valence-electron chi connectivity index (χ4n) is 2.80. The van der Waals surface area contributed by atoms with E-state index < -0.39 is 0 Å². The minimum absolute atomic E-state index is 0.176. The van der Waals surface area contributed by atoms with Crippen molar-refractivity contribution >= 4 is 0 Å². The van der Waals surface area contributed by atoms with Gasteiger partial charge in [-0.25, -0.2) is 0 Å². The van der Waals surface area contributed by atoms with Crippen molar-refractivity contribution in [1.82, 2.24) is 0 Å². The molecule has 1 fully saturated rings. The average molecular weight is 247 g/mol. The Morgan fingerprint density at radius 2 is 2.06 bits per heavy atom. The van der Waals surface area contributed by atoms with E-state index in [1.807, 2.05) is 6.07 Å². The molecule has 0 aliphatic heterocycles. The molecule has 0 radical (unpaired) electrons. The summed E-state index contributed by atoms with van der Waals surface area (Å²) in [7, 11) is 0. The zero-order chi connectivity index (χ0) is 12.8. The van der Waals surface area contributed by atoms with E-state index >= 15 is 0 Å². The first-order valence-electron chi connectivity index (χ1n) is 7.29. The van der Waals surface area contributed by atoms with Gasteiger partial charge in [0.25, 0.3) is 0 Å². The highest BCUT2D eigenvalue weighted by Gasteiger charge is 2.21. The van der Waals surface area contributed by atoms with Crippen molar-refractivity contribution in [3.8, 4) is 5.75 Å². The van der Waals surface area contributed by atoms with Crippen molar-refractivity contribution in [1.29, 1.82) is 0 Å². The van der Waals surface area contributed by atoms with Crippen LogP contribution in [0.15, 0.2) is 24.3 Å². The number of hydrogen-bond acceptors (Lipinski definition) is 2. The van der Waals surface area contributed by atoms with E-state index in [2.05, 4.69) is 25.1 Å². The second-order valence-electron chi connectivity index (χ2n) is 5.34. The summed E-state index contributed by atoms with van der Waals surface area (Å²) in [5, 5.41) is 0. The van der Waals surface area contributed by atoms with Crippen LogP contribution in [0, 0.1) is 5.92 Å².